The molecule has 36 nitrogen and oxygen atoms in total. The SMILES string of the molecule is CC(=O)NC1C(OCCCCC(=O)NCCCNC(=O)CCOCC(C)(COCCC(=O)NCCCNC(=O)CCCCOC2OC(CO)C(O)C(O)C2NC(C)=O)COCC(C)C(=O)NCCCNC(=O)CCCCOC2OC(CO)C(O)C(O)C2NC(C)=O)OC(CO)C(O)C1O. The largest absolute Gasteiger partial charge is 0.394 e. The number of rotatable bonds is 51. The normalized spacial score (nSPS) is 26.2. The van der Waals surface area contributed by atoms with Gasteiger partial charge in [0.2, 0.25) is 53.2 Å². The maximum Gasteiger partial charge on any atom is 0.225 e. The smallest absolute Gasteiger partial charge is 0.225 e. The van der Waals surface area contributed by atoms with Crippen LogP contribution in [0, 0.1) is 11.3 Å². The molecule has 3 rings (SSSR count). The van der Waals surface area contributed by atoms with Crippen molar-refractivity contribution in [2.45, 2.75) is 216 Å². The zero-order valence-corrected chi connectivity index (χ0v) is 57.7. The van der Waals surface area contributed by atoms with Gasteiger partial charge in [0, 0.05) is 117 Å². The van der Waals surface area contributed by atoms with Crippen LogP contribution >= 0.6 is 0 Å². The minimum Gasteiger partial charge on any atom is -0.394 e. The van der Waals surface area contributed by atoms with E-state index in [0.717, 1.165) is 0 Å². The second-order valence-corrected chi connectivity index (χ2v) is 25.2. The highest BCUT2D eigenvalue weighted by atomic mass is 16.7. The fourth-order valence-corrected chi connectivity index (χ4v) is 10.5. The van der Waals surface area contributed by atoms with E-state index < -0.39 is 141 Å². The van der Waals surface area contributed by atoms with E-state index in [0.29, 0.717) is 77.4 Å². The first-order valence-electron chi connectivity index (χ1n) is 34.1. The molecule has 9 amide bonds. The lowest BCUT2D eigenvalue weighted by molar-refractivity contribution is -0.270. The Morgan fingerprint density at radius 1 is 0.384 bits per heavy atom. The van der Waals surface area contributed by atoms with Crippen LogP contribution in [-0.2, 0) is 85.8 Å². The quantitative estimate of drug-likeness (QED) is 0.0252. The molecule has 0 bridgehead atoms. The average molecular weight is 1430 g/mol. The topological polar surface area (TPSA) is 527 Å². The van der Waals surface area contributed by atoms with Crippen LogP contribution in [0.5, 0.6) is 0 Å². The van der Waals surface area contributed by atoms with Gasteiger partial charge in [0.05, 0.1) is 65.4 Å². The van der Waals surface area contributed by atoms with Gasteiger partial charge in [0.25, 0.3) is 0 Å². The number of nitrogens with one attached hydrogen (secondary N) is 9. The number of ether oxygens (including phenoxy) is 9. The fourth-order valence-electron chi connectivity index (χ4n) is 10.5. The summed E-state index contributed by atoms with van der Waals surface area (Å²) in [6, 6.07) is -3.21. The number of carbonyl (C=O) groups is 9. The number of hydrogen-bond donors (Lipinski definition) is 18. The van der Waals surface area contributed by atoms with Crippen LogP contribution in [0.15, 0.2) is 0 Å². The molecule has 0 aromatic heterocycles. The zero-order valence-electron chi connectivity index (χ0n) is 57.7. The number of unbranched alkanes of at least 4 members (excludes halogenated alkanes) is 3. The molecule has 36 heteroatoms. The lowest BCUT2D eigenvalue weighted by Crippen LogP contribution is -2.64. The minimum absolute atomic E-state index is 0.0155. The fraction of sp³-hybridized carbons (Fsp3) is 0.857. The van der Waals surface area contributed by atoms with Crippen molar-refractivity contribution in [1.29, 1.82) is 0 Å². The van der Waals surface area contributed by atoms with Crippen LogP contribution < -0.4 is 47.9 Å². The van der Waals surface area contributed by atoms with Crippen molar-refractivity contribution in [1.82, 2.24) is 47.9 Å². The third kappa shape index (κ3) is 34.8. The van der Waals surface area contributed by atoms with E-state index in [1.807, 2.05) is 6.92 Å². The van der Waals surface area contributed by atoms with Crippen LogP contribution in [0.1, 0.15) is 125 Å². The van der Waals surface area contributed by atoms with E-state index in [1.54, 1.807) is 6.92 Å². The van der Waals surface area contributed by atoms with Crippen molar-refractivity contribution < 1.29 is 132 Å². The van der Waals surface area contributed by atoms with Crippen molar-refractivity contribution in [3.8, 4) is 0 Å². The molecular weight excluding hydrogens is 1310 g/mol. The molecule has 3 fully saturated rings. The summed E-state index contributed by atoms with van der Waals surface area (Å²) in [7, 11) is 0. The van der Waals surface area contributed by atoms with Gasteiger partial charge >= 0.3 is 0 Å². The second kappa shape index (κ2) is 49.2. The highest BCUT2D eigenvalue weighted by Crippen LogP contribution is 2.26. The van der Waals surface area contributed by atoms with Crippen molar-refractivity contribution in [2.75, 3.05) is 119 Å². The van der Waals surface area contributed by atoms with E-state index in [9.17, 15) is 89.1 Å². The Kier molecular flexibility index (Phi) is 43.6. The van der Waals surface area contributed by atoms with Gasteiger partial charge in [-0.15, -0.1) is 0 Å². The Morgan fingerprint density at radius 3 is 0.960 bits per heavy atom. The second-order valence-electron chi connectivity index (χ2n) is 25.2. The van der Waals surface area contributed by atoms with E-state index >= 15 is 0 Å². The number of aliphatic hydroxyl groups excluding tert-OH is 9. The molecule has 0 saturated carbocycles. The first-order valence-corrected chi connectivity index (χ1v) is 34.1. The van der Waals surface area contributed by atoms with Gasteiger partial charge in [-0.05, 0) is 57.8 Å². The van der Waals surface area contributed by atoms with Crippen LogP contribution in [0.25, 0.3) is 0 Å². The summed E-state index contributed by atoms with van der Waals surface area (Å²) in [5.41, 5.74) is -0.805. The predicted octanol–water partition coefficient (Wildman–Crippen LogP) is -6.28. The molecular formula is C63H113N9O27. The predicted molar refractivity (Wildman–Crippen MR) is 346 cm³/mol. The molecule has 3 aliphatic heterocycles. The minimum atomic E-state index is -1.44. The highest BCUT2D eigenvalue weighted by molar-refractivity contribution is 5.79. The molecule has 0 aromatic carbocycles. The van der Waals surface area contributed by atoms with Crippen molar-refractivity contribution in [3.05, 3.63) is 0 Å². The monoisotopic (exact) mass is 1430 g/mol. The maximum atomic E-state index is 13.0. The Labute approximate surface area is 577 Å². The lowest BCUT2D eigenvalue weighted by atomic mass is 9.94. The molecule has 99 heavy (non-hydrogen) atoms. The highest BCUT2D eigenvalue weighted by Gasteiger charge is 2.48. The van der Waals surface area contributed by atoms with E-state index in [1.165, 1.54) is 20.8 Å². The molecule has 3 saturated heterocycles. The number of carbonyl (C=O) groups excluding carboxylic acids is 9. The van der Waals surface area contributed by atoms with Crippen LogP contribution in [0.3, 0.4) is 0 Å². The summed E-state index contributed by atoms with van der Waals surface area (Å²) in [4.78, 5) is 111. The van der Waals surface area contributed by atoms with E-state index in [2.05, 4.69) is 47.9 Å². The summed E-state index contributed by atoms with van der Waals surface area (Å²) < 4.78 is 51.6. The molecule has 572 valence electrons. The molecule has 16 atom stereocenters. The Bertz CT molecular complexity index is 2290. The van der Waals surface area contributed by atoms with Gasteiger partial charge in [0.15, 0.2) is 18.9 Å². The summed E-state index contributed by atoms with van der Waals surface area (Å²) in [6.07, 6.45) is -10.9. The number of aliphatic hydroxyl groups is 9. The Hall–Kier alpha value is -5.49. The van der Waals surface area contributed by atoms with Crippen molar-refractivity contribution in [3.63, 3.8) is 0 Å². The van der Waals surface area contributed by atoms with Gasteiger partial charge in [-0.1, -0.05) is 13.8 Å². The molecule has 0 aliphatic carbocycles. The van der Waals surface area contributed by atoms with Gasteiger partial charge in [0.1, 0.15) is 73.1 Å². The Morgan fingerprint density at radius 2 is 0.667 bits per heavy atom. The van der Waals surface area contributed by atoms with Gasteiger partial charge in [-0.3, -0.25) is 43.2 Å². The van der Waals surface area contributed by atoms with Gasteiger partial charge in [-0.25, -0.2) is 0 Å². The van der Waals surface area contributed by atoms with E-state index in [4.69, 9.17) is 42.6 Å². The molecule has 3 aliphatic rings. The number of amides is 9. The molecule has 0 aromatic rings. The third-order valence-electron chi connectivity index (χ3n) is 16.1. The van der Waals surface area contributed by atoms with Crippen molar-refractivity contribution in [2.24, 2.45) is 11.3 Å². The molecule has 0 radical (unpaired) electrons. The van der Waals surface area contributed by atoms with Gasteiger partial charge in [-0.2, -0.15) is 0 Å². The first-order chi connectivity index (χ1) is 47.2. The van der Waals surface area contributed by atoms with Crippen LogP contribution in [0.4, 0.5) is 0 Å². The number of hydrogen-bond acceptors (Lipinski definition) is 27. The third-order valence-corrected chi connectivity index (χ3v) is 16.1. The average Bonchev–Trinajstić information content (AvgIpc) is 0.825. The first kappa shape index (κ1) is 87.7. The van der Waals surface area contributed by atoms with Crippen LogP contribution in [0.2, 0.25) is 0 Å². The van der Waals surface area contributed by atoms with Crippen LogP contribution in [-0.4, -0.2) is 310 Å². The maximum absolute atomic E-state index is 13.0. The lowest BCUT2D eigenvalue weighted by Gasteiger charge is -2.42. The van der Waals surface area contributed by atoms with Crippen molar-refractivity contribution >= 4 is 53.2 Å². The van der Waals surface area contributed by atoms with Gasteiger partial charge < -0.3 is 136 Å². The molecule has 3 heterocycles. The summed E-state index contributed by atoms with van der Waals surface area (Å²) >= 11 is 0. The summed E-state index contributed by atoms with van der Waals surface area (Å²) in [5, 5.41) is 115. The summed E-state index contributed by atoms with van der Waals surface area (Å²) in [5.74, 6) is -3.53. The molecule has 16 unspecified atom stereocenters. The standard InChI is InChI=1S/C63H113N9O27/c1-38(59(90)69-25-14-24-66-47(81)17-8-11-28-96-62-52(72-41(4)78)58(89)55(86)44(33-75)99-62)34-93-37-63(5,35-91-29-18-48(82)67-22-12-20-64-45(79)15-6-9-26-94-60-50(70-39(2)76)56(87)53(84)42(31-73)97-60)36-92-30-19-49(83)68-23-13-21-65-46(80)16-7-10-27-95-61-51(71-40(3)77)57(88)54(85)43(32-74)98-61/h38,42-44,50-58,60-62,73-75,84-89H,6-37H2,1-5H3,(H,64,79)(H,65,80)(H,66,81)(H,67,82)(H,68,83)(H,69,90)(H,70,76)(H,71,77)(H,72,78). The zero-order chi connectivity index (χ0) is 73.3. The molecule has 18 N–H and O–H groups in total. The Balaban J connectivity index is 1.36. The van der Waals surface area contributed by atoms with E-state index in [-0.39, 0.29) is 147 Å². The summed E-state index contributed by atoms with van der Waals surface area (Å²) in [6.45, 7) is 7.84. The molecule has 0 spiro atoms.